The van der Waals surface area contributed by atoms with Crippen molar-refractivity contribution in [3.8, 4) is 16.2 Å². The van der Waals surface area contributed by atoms with E-state index in [0.29, 0.717) is 15.6 Å². The van der Waals surface area contributed by atoms with Crippen LogP contribution in [-0.2, 0) is 0 Å². The van der Waals surface area contributed by atoms with Crippen LogP contribution in [0, 0.1) is 0 Å². The molecule has 3 nitrogen and oxygen atoms in total. The largest absolute Gasteiger partial charge is 0.468 e. The maximum atomic E-state index is 11.0. The van der Waals surface area contributed by atoms with Crippen molar-refractivity contribution >= 4 is 29.2 Å². The number of aldehydes is 1. The standard InChI is InChI=1S/C12H9ClO3S/c13-12-4-3-11(17-12)10-5-9(16-7-15)2-1-8(10)6-14/h1-6,15H,7H2. The van der Waals surface area contributed by atoms with Gasteiger partial charge in [0, 0.05) is 16.0 Å². The van der Waals surface area contributed by atoms with Gasteiger partial charge in [-0.3, -0.25) is 4.79 Å². The number of halogens is 1. The lowest BCUT2D eigenvalue weighted by Crippen LogP contribution is -1.95. The van der Waals surface area contributed by atoms with Gasteiger partial charge in [-0.05, 0) is 30.3 Å². The number of carbonyl (C=O) groups excluding carboxylic acids is 1. The summed E-state index contributed by atoms with van der Waals surface area (Å²) in [5, 5.41) is 8.70. The van der Waals surface area contributed by atoms with Gasteiger partial charge in [0.1, 0.15) is 5.75 Å². The number of aliphatic hydroxyl groups excluding tert-OH is 1. The van der Waals surface area contributed by atoms with E-state index in [2.05, 4.69) is 0 Å². The third-order valence-corrected chi connectivity index (χ3v) is 3.49. The molecule has 5 heteroatoms. The molecule has 1 N–H and O–H groups in total. The smallest absolute Gasteiger partial charge is 0.186 e. The van der Waals surface area contributed by atoms with Crippen LogP contribution >= 0.6 is 22.9 Å². The van der Waals surface area contributed by atoms with E-state index in [-0.39, 0.29) is 0 Å². The number of hydrogen-bond acceptors (Lipinski definition) is 4. The molecular weight excluding hydrogens is 260 g/mol. The average molecular weight is 269 g/mol. The van der Waals surface area contributed by atoms with Gasteiger partial charge in [0.25, 0.3) is 0 Å². The monoisotopic (exact) mass is 268 g/mol. The summed E-state index contributed by atoms with van der Waals surface area (Å²) >= 11 is 7.25. The Kier molecular flexibility index (Phi) is 3.78. The quantitative estimate of drug-likeness (QED) is 0.684. The Labute approximate surface area is 107 Å². The first-order chi connectivity index (χ1) is 8.24. The van der Waals surface area contributed by atoms with Crippen molar-refractivity contribution in [1.82, 2.24) is 0 Å². The van der Waals surface area contributed by atoms with Crippen molar-refractivity contribution in [2.45, 2.75) is 0 Å². The van der Waals surface area contributed by atoms with Gasteiger partial charge < -0.3 is 9.84 Å². The SMILES string of the molecule is O=Cc1ccc(OCO)cc1-c1ccc(Cl)s1. The van der Waals surface area contributed by atoms with Crippen LogP contribution in [0.1, 0.15) is 10.4 Å². The number of hydrogen-bond donors (Lipinski definition) is 1. The molecule has 1 heterocycles. The second-order valence-corrected chi connectivity index (χ2v) is 4.96. The number of rotatable bonds is 4. The molecule has 2 aromatic rings. The van der Waals surface area contributed by atoms with Crippen molar-refractivity contribution in [2.24, 2.45) is 0 Å². The van der Waals surface area contributed by atoms with E-state index in [9.17, 15) is 4.79 Å². The first-order valence-corrected chi connectivity index (χ1v) is 6.02. The van der Waals surface area contributed by atoms with Gasteiger partial charge >= 0.3 is 0 Å². The Morgan fingerprint density at radius 2 is 2.18 bits per heavy atom. The molecule has 0 bridgehead atoms. The van der Waals surface area contributed by atoms with Crippen LogP contribution in [0.15, 0.2) is 30.3 Å². The van der Waals surface area contributed by atoms with Crippen molar-refractivity contribution < 1.29 is 14.6 Å². The summed E-state index contributed by atoms with van der Waals surface area (Å²) in [4.78, 5) is 11.8. The lowest BCUT2D eigenvalue weighted by Gasteiger charge is -2.06. The van der Waals surface area contributed by atoms with Crippen LogP contribution in [0.25, 0.3) is 10.4 Å². The van der Waals surface area contributed by atoms with Gasteiger partial charge in [0.2, 0.25) is 0 Å². The van der Waals surface area contributed by atoms with E-state index in [0.717, 1.165) is 16.7 Å². The van der Waals surface area contributed by atoms with Crippen LogP contribution in [-0.4, -0.2) is 18.2 Å². The molecule has 17 heavy (non-hydrogen) atoms. The summed E-state index contributed by atoms with van der Waals surface area (Å²) in [6, 6.07) is 8.62. The molecule has 1 aromatic heterocycles. The minimum Gasteiger partial charge on any atom is -0.468 e. The number of thiophene rings is 1. The average Bonchev–Trinajstić information content (AvgIpc) is 2.76. The normalized spacial score (nSPS) is 10.2. The first-order valence-electron chi connectivity index (χ1n) is 4.83. The molecule has 0 aliphatic heterocycles. The zero-order chi connectivity index (χ0) is 12.3. The Morgan fingerprint density at radius 1 is 1.35 bits per heavy atom. The zero-order valence-electron chi connectivity index (χ0n) is 8.72. The van der Waals surface area contributed by atoms with E-state index >= 15 is 0 Å². The van der Waals surface area contributed by atoms with E-state index in [1.54, 1.807) is 24.3 Å². The van der Waals surface area contributed by atoms with Crippen molar-refractivity contribution in [3.63, 3.8) is 0 Å². The Balaban J connectivity index is 2.49. The number of ether oxygens (including phenoxy) is 1. The maximum Gasteiger partial charge on any atom is 0.186 e. The van der Waals surface area contributed by atoms with Gasteiger partial charge in [-0.25, -0.2) is 0 Å². The fourth-order valence-electron chi connectivity index (χ4n) is 1.47. The summed E-state index contributed by atoms with van der Waals surface area (Å²) < 4.78 is 5.64. The fraction of sp³-hybridized carbons (Fsp3) is 0.0833. The lowest BCUT2D eigenvalue weighted by molar-refractivity contribution is 0.0986. The van der Waals surface area contributed by atoms with Crippen LogP contribution in [0.4, 0.5) is 0 Å². The van der Waals surface area contributed by atoms with Crippen LogP contribution in [0.2, 0.25) is 4.34 Å². The topological polar surface area (TPSA) is 46.5 Å². The van der Waals surface area contributed by atoms with Gasteiger partial charge in [0.15, 0.2) is 13.1 Å². The molecule has 0 radical (unpaired) electrons. The highest BCUT2D eigenvalue weighted by molar-refractivity contribution is 7.19. The van der Waals surface area contributed by atoms with Gasteiger partial charge in [-0.2, -0.15) is 0 Å². The fourth-order valence-corrected chi connectivity index (χ4v) is 2.56. The maximum absolute atomic E-state index is 11.0. The molecule has 0 aliphatic rings. The van der Waals surface area contributed by atoms with E-state index in [4.69, 9.17) is 21.4 Å². The van der Waals surface area contributed by atoms with Crippen LogP contribution < -0.4 is 4.74 Å². The summed E-state index contributed by atoms with van der Waals surface area (Å²) in [6.45, 7) is -0.398. The highest BCUT2D eigenvalue weighted by Crippen LogP contribution is 2.34. The summed E-state index contributed by atoms with van der Waals surface area (Å²) in [5.74, 6) is 0.512. The second kappa shape index (κ2) is 5.31. The number of carbonyl (C=O) groups is 1. The molecule has 0 spiro atoms. The van der Waals surface area contributed by atoms with Crippen molar-refractivity contribution in [2.75, 3.05) is 6.79 Å². The van der Waals surface area contributed by atoms with Crippen LogP contribution in [0.5, 0.6) is 5.75 Å². The summed E-state index contributed by atoms with van der Waals surface area (Å²) in [5.41, 5.74) is 1.32. The van der Waals surface area contributed by atoms with E-state index < -0.39 is 6.79 Å². The molecular formula is C12H9ClO3S. The van der Waals surface area contributed by atoms with E-state index in [1.807, 2.05) is 6.07 Å². The number of benzene rings is 1. The summed E-state index contributed by atoms with van der Waals surface area (Å²) in [6.07, 6.45) is 0.783. The van der Waals surface area contributed by atoms with Crippen molar-refractivity contribution in [3.05, 3.63) is 40.2 Å². The van der Waals surface area contributed by atoms with Gasteiger partial charge in [-0.15, -0.1) is 11.3 Å². The van der Waals surface area contributed by atoms with Crippen LogP contribution in [0.3, 0.4) is 0 Å². The Morgan fingerprint density at radius 3 is 2.76 bits per heavy atom. The highest BCUT2D eigenvalue weighted by atomic mass is 35.5. The minimum absolute atomic E-state index is 0.398. The molecule has 0 unspecified atom stereocenters. The predicted octanol–water partition coefficient (Wildman–Crippen LogP) is 3.21. The molecule has 0 fully saturated rings. The van der Waals surface area contributed by atoms with Gasteiger partial charge in [0.05, 0.1) is 4.34 Å². The Bertz CT molecular complexity index is 536. The minimum atomic E-state index is -0.398. The third kappa shape index (κ3) is 2.66. The zero-order valence-corrected chi connectivity index (χ0v) is 10.3. The molecule has 0 atom stereocenters. The predicted molar refractivity (Wildman–Crippen MR) is 67.9 cm³/mol. The molecule has 0 amide bonds. The molecule has 0 saturated carbocycles. The number of aliphatic hydroxyl groups is 1. The first kappa shape index (κ1) is 12.1. The molecule has 0 aliphatic carbocycles. The summed E-state index contributed by atoms with van der Waals surface area (Å²) in [7, 11) is 0. The lowest BCUT2D eigenvalue weighted by atomic mass is 10.1. The van der Waals surface area contributed by atoms with Gasteiger partial charge in [-0.1, -0.05) is 11.6 Å². The molecule has 1 aromatic carbocycles. The second-order valence-electron chi connectivity index (χ2n) is 3.24. The Hall–Kier alpha value is -1.36. The molecule has 2 rings (SSSR count). The van der Waals surface area contributed by atoms with Crippen molar-refractivity contribution in [1.29, 1.82) is 0 Å². The third-order valence-electron chi connectivity index (χ3n) is 2.22. The highest BCUT2D eigenvalue weighted by Gasteiger charge is 2.09. The molecule has 88 valence electrons. The van der Waals surface area contributed by atoms with E-state index in [1.165, 1.54) is 11.3 Å². The molecule has 0 saturated heterocycles.